The molecular weight excluding hydrogens is 380 g/mol. The molecule has 2 heterocycles. The molecule has 0 spiro atoms. The number of hydrogen-bond acceptors (Lipinski definition) is 4. The number of likely N-dealkylation sites (tertiary alicyclic amines) is 1. The second kappa shape index (κ2) is 9.72. The molecule has 1 aliphatic rings. The molecule has 4 nitrogen and oxygen atoms in total. The van der Waals surface area contributed by atoms with Crippen LogP contribution in [0.3, 0.4) is 0 Å². The Morgan fingerprint density at radius 3 is 2.52 bits per heavy atom. The fourth-order valence-electron chi connectivity index (χ4n) is 3.80. The molecule has 0 bridgehead atoms. The lowest BCUT2D eigenvalue weighted by molar-refractivity contribution is -0.123. The molecule has 1 saturated heterocycles. The van der Waals surface area contributed by atoms with Crippen LogP contribution in [0.1, 0.15) is 23.8 Å². The Kier molecular flexibility index (Phi) is 6.60. The van der Waals surface area contributed by atoms with E-state index in [2.05, 4.69) is 27.7 Å². The van der Waals surface area contributed by atoms with E-state index in [0.29, 0.717) is 6.54 Å². The number of amides is 1. The Morgan fingerprint density at radius 1 is 1.00 bits per heavy atom. The van der Waals surface area contributed by atoms with Crippen molar-refractivity contribution in [1.82, 2.24) is 10.2 Å². The number of hydrogen-bond donors (Lipinski definition) is 1. The smallest absolute Gasteiger partial charge is 0.258 e. The highest BCUT2D eigenvalue weighted by Crippen LogP contribution is 2.30. The average Bonchev–Trinajstić information content (AvgIpc) is 3.48. The van der Waals surface area contributed by atoms with Crippen LogP contribution in [0, 0.1) is 0 Å². The van der Waals surface area contributed by atoms with Crippen molar-refractivity contribution in [2.45, 2.75) is 18.9 Å². The largest absolute Gasteiger partial charge is 0.483 e. The van der Waals surface area contributed by atoms with Gasteiger partial charge in [0.25, 0.3) is 5.91 Å². The van der Waals surface area contributed by atoms with Gasteiger partial charge in [-0.1, -0.05) is 54.6 Å². The van der Waals surface area contributed by atoms with E-state index in [0.717, 1.165) is 30.0 Å². The number of carbonyl (C=O) groups is 1. The summed E-state index contributed by atoms with van der Waals surface area (Å²) in [4.78, 5) is 16.3. The van der Waals surface area contributed by atoms with Crippen LogP contribution in [-0.4, -0.2) is 37.0 Å². The van der Waals surface area contributed by atoms with Crippen LogP contribution in [0.4, 0.5) is 0 Å². The molecule has 1 atom stereocenters. The maximum Gasteiger partial charge on any atom is 0.258 e. The zero-order valence-corrected chi connectivity index (χ0v) is 17.2. The predicted molar refractivity (Wildman–Crippen MR) is 118 cm³/mol. The third kappa shape index (κ3) is 5.05. The third-order valence-corrected chi connectivity index (χ3v) is 6.25. The summed E-state index contributed by atoms with van der Waals surface area (Å²) in [6, 6.07) is 22.4. The van der Waals surface area contributed by atoms with Crippen molar-refractivity contribution in [2.24, 2.45) is 0 Å². The molecule has 1 aliphatic heterocycles. The molecule has 4 rings (SSSR count). The number of carbonyl (C=O) groups excluding carboxylic acids is 1. The lowest BCUT2D eigenvalue weighted by Crippen LogP contribution is -2.38. The first-order chi connectivity index (χ1) is 14.3. The van der Waals surface area contributed by atoms with Crippen LogP contribution in [-0.2, 0) is 4.79 Å². The Morgan fingerprint density at radius 2 is 1.76 bits per heavy atom. The van der Waals surface area contributed by atoms with Crippen LogP contribution >= 0.6 is 11.3 Å². The highest BCUT2D eigenvalue weighted by molar-refractivity contribution is 7.10. The zero-order chi connectivity index (χ0) is 19.9. The van der Waals surface area contributed by atoms with E-state index in [1.807, 2.05) is 54.6 Å². The summed E-state index contributed by atoms with van der Waals surface area (Å²) in [5, 5.41) is 5.18. The van der Waals surface area contributed by atoms with Crippen molar-refractivity contribution in [3.8, 4) is 16.9 Å². The summed E-state index contributed by atoms with van der Waals surface area (Å²) in [6.07, 6.45) is 2.46. The summed E-state index contributed by atoms with van der Waals surface area (Å²) in [5.41, 5.74) is 2.07. The van der Waals surface area contributed by atoms with Gasteiger partial charge in [0, 0.05) is 17.0 Å². The normalized spacial score (nSPS) is 15.2. The molecule has 0 aliphatic carbocycles. The van der Waals surface area contributed by atoms with E-state index < -0.39 is 0 Å². The summed E-state index contributed by atoms with van der Waals surface area (Å²) >= 11 is 1.76. The van der Waals surface area contributed by atoms with Crippen molar-refractivity contribution in [3.63, 3.8) is 0 Å². The molecule has 1 N–H and O–H groups in total. The van der Waals surface area contributed by atoms with E-state index in [4.69, 9.17) is 4.74 Å². The maximum atomic E-state index is 12.5. The molecule has 29 heavy (non-hydrogen) atoms. The maximum absolute atomic E-state index is 12.5. The van der Waals surface area contributed by atoms with Crippen molar-refractivity contribution in [3.05, 3.63) is 77.0 Å². The van der Waals surface area contributed by atoms with Crippen LogP contribution in [0.25, 0.3) is 11.1 Å². The van der Waals surface area contributed by atoms with Gasteiger partial charge in [0.1, 0.15) is 5.75 Å². The van der Waals surface area contributed by atoms with E-state index in [1.165, 1.54) is 17.7 Å². The molecular formula is C24H26N2O2S. The van der Waals surface area contributed by atoms with Gasteiger partial charge in [-0.15, -0.1) is 11.3 Å². The Bertz CT molecular complexity index is 906. The van der Waals surface area contributed by atoms with Gasteiger partial charge in [0.05, 0.1) is 6.04 Å². The molecule has 1 aromatic heterocycles. The fourth-order valence-corrected chi connectivity index (χ4v) is 4.66. The monoisotopic (exact) mass is 406 g/mol. The molecule has 0 unspecified atom stereocenters. The summed E-state index contributed by atoms with van der Waals surface area (Å²) < 4.78 is 5.88. The van der Waals surface area contributed by atoms with E-state index >= 15 is 0 Å². The molecule has 0 radical (unpaired) electrons. The number of nitrogens with one attached hydrogen (secondary N) is 1. The van der Waals surface area contributed by atoms with Gasteiger partial charge in [-0.05, 0) is 49.0 Å². The topological polar surface area (TPSA) is 41.6 Å². The lowest BCUT2D eigenvalue weighted by Gasteiger charge is -2.27. The summed E-state index contributed by atoms with van der Waals surface area (Å²) in [7, 11) is 0. The minimum atomic E-state index is -0.0892. The van der Waals surface area contributed by atoms with E-state index in [1.54, 1.807) is 11.3 Å². The summed E-state index contributed by atoms with van der Waals surface area (Å²) in [6.45, 7) is 2.82. The van der Waals surface area contributed by atoms with Crippen LogP contribution in [0.5, 0.6) is 5.75 Å². The number of ether oxygens (including phenoxy) is 1. The fraction of sp³-hybridized carbons (Fsp3) is 0.292. The van der Waals surface area contributed by atoms with Gasteiger partial charge in [-0.3, -0.25) is 9.69 Å². The van der Waals surface area contributed by atoms with Crippen LogP contribution in [0.15, 0.2) is 72.1 Å². The van der Waals surface area contributed by atoms with Gasteiger partial charge in [-0.25, -0.2) is 0 Å². The van der Waals surface area contributed by atoms with Gasteiger partial charge in [-0.2, -0.15) is 0 Å². The highest BCUT2D eigenvalue weighted by Gasteiger charge is 2.24. The third-order valence-electron chi connectivity index (χ3n) is 5.28. The van der Waals surface area contributed by atoms with Crippen molar-refractivity contribution in [1.29, 1.82) is 0 Å². The minimum absolute atomic E-state index is 0.0149. The average molecular weight is 407 g/mol. The van der Waals surface area contributed by atoms with Crippen LogP contribution < -0.4 is 10.1 Å². The molecule has 150 valence electrons. The first kappa shape index (κ1) is 19.7. The molecule has 1 amide bonds. The zero-order valence-electron chi connectivity index (χ0n) is 16.4. The van der Waals surface area contributed by atoms with Gasteiger partial charge >= 0.3 is 0 Å². The quantitative estimate of drug-likeness (QED) is 0.587. The standard InChI is InChI=1S/C24H26N2O2S/c27-24(25-17-21(23-13-8-16-29-23)26-14-6-7-15-26)18-28-22-12-5-4-11-20(22)19-9-2-1-3-10-19/h1-5,8-13,16,21H,6-7,14-15,17-18H2,(H,25,27)/t21-/m0/s1. The minimum Gasteiger partial charge on any atom is -0.483 e. The SMILES string of the molecule is O=C(COc1ccccc1-c1ccccc1)NC[C@@H](c1cccs1)N1CCCC1. The Balaban J connectivity index is 1.36. The first-order valence-corrected chi connectivity index (χ1v) is 11.0. The van der Waals surface area contributed by atoms with Gasteiger partial charge < -0.3 is 10.1 Å². The number of rotatable bonds is 8. The van der Waals surface area contributed by atoms with Crippen molar-refractivity contribution >= 4 is 17.2 Å². The van der Waals surface area contributed by atoms with Crippen molar-refractivity contribution in [2.75, 3.05) is 26.2 Å². The molecule has 2 aromatic carbocycles. The highest BCUT2D eigenvalue weighted by atomic mass is 32.1. The molecule has 3 aromatic rings. The second-order valence-corrected chi connectivity index (χ2v) is 8.21. The molecule has 5 heteroatoms. The van der Waals surface area contributed by atoms with Gasteiger partial charge in [0.15, 0.2) is 6.61 Å². The second-order valence-electron chi connectivity index (χ2n) is 7.23. The predicted octanol–water partition coefficient (Wildman–Crippen LogP) is 4.75. The number of benzene rings is 2. The van der Waals surface area contributed by atoms with E-state index in [-0.39, 0.29) is 18.6 Å². The number of nitrogens with zero attached hydrogens (tertiary/aromatic N) is 1. The van der Waals surface area contributed by atoms with Gasteiger partial charge in [0.2, 0.25) is 0 Å². The van der Waals surface area contributed by atoms with Crippen LogP contribution in [0.2, 0.25) is 0 Å². The lowest BCUT2D eigenvalue weighted by atomic mass is 10.1. The number of para-hydroxylation sites is 1. The number of thiophene rings is 1. The Hall–Kier alpha value is -2.63. The Labute approximate surface area is 176 Å². The molecule has 1 fully saturated rings. The van der Waals surface area contributed by atoms with Crippen molar-refractivity contribution < 1.29 is 9.53 Å². The first-order valence-electron chi connectivity index (χ1n) is 10.1. The van der Waals surface area contributed by atoms with E-state index in [9.17, 15) is 4.79 Å². The molecule has 0 saturated carbocycles. The summed E-state index contributed by atoms with van der Waals surface area (Å²) in [5.74, 6) is 0.636.